The van der Waals surface area contributed by atoms with Gasteiger partial charge in [-0.05, 0) is 19.8 Å². The summed E-state index contributed by atoms with van der Waals surface area (Å²) in [4.78, 5) is 25.9. The maximum Gasteiger partial charge on any atom is 0.307 e. The number of methoxy groups -OCH3 is 1. The minimum Gasteiger partial charge on any atom is -0.469 e. The van der Waals surface area contributed by atoms with Crippen molar-refractivity contribution in [1.29, 1.82) is 0 Å². The van der Waals surface area contributed by atoms with Gasteiger partial charge >= 0.3 is 5.97 Å². The van der Waals surface area contributed by atoms with Gasteiger partial charge in [0.25, 0.3) is 0 Å². The Bertz CT molecular complexity index is 340. The highest BCUT2D eigenvalue weighted by molar-refractivity contribution is 5.87. The molecule has 0 spiro atoms. The summed E-state index contributed by atoms with van der Waals surface area (Å²) in [5.41, 5.74) is 0. The zero-order valence-corrected chi connectivity index (χ0v) is 11.9. The molecule has 108 valence electrons. The van der Waals surface area contributed by atoms with E-state index in [1.165, 1.54) is 26.4 Å². The Labute approximate surface area is 114 Å². The molecule has 1 N–H and O–H groups in total. The number of nitrogens with zero attached hydrogens (tertiary/aromatic N) is 1. The van der Waals surface area contributed by atoms with E-state index in [1.807, 2.05) is 6.92 Å². The molecule has 1 amide bonds. The summed E-state index contributed by atoms with van der Waals surface area (Å²) >= 11 is 0. The molecule has 2 atom stereocenters. The highest BCUT2D eigenvalue weighted by Gasteiger charge is 2.38. The summed E-state index contributed by atoms with van der Waals surface area (Å²) in [6.45, 7) is 2.85. The Kier molecular flexibility index (Phi) is 4.80. The fourth-order valence-electron chi connectivity index (χ4n) is 3.25. The average Bonchev–Trinajstić information content (AvgIpc) is 2.42. The lowest BCUT2D eigenvalue weighted by atomic mass is 9.91. The van der Waals surface area contributed by atoms with Gasteiger partial charge in [-0.2, -0.15) is 0 Å². The van der Waals surface area contributed by atoms with Gasteiger partial charge in [0.15, 0.2) is 0 Å². The second-order valence-electron chi connectivity index (χ2n) is 5.69. The van der Waals surface area contributed by atoms with Crippen LogP contribution in [0.15, 0.2) is 0 Å². The number of esters is 1. The van der Waals surface area contributed by atoms with Gasteiger partial charge in [-0.3, -0.25) is 14.5 Å². The molecule has 2 aliphatic rings. The first kappa shape index (κ1) is 14.3. The van der Waals surface area contributed by atoms with Crippen LogP contribution in [0.5, 0.6) is 0 Å². The van der Waals surface area contributed by atoms with E-state index < -0.39 is 0 Å². The maximum absolute atomic E-state index is 12.1. The van der Waals surface area contributed by atoms with Gasteiger partial charge < -0.3 is 10.1 Å². The highest BCUT2D eigenvalue weighted by Crippen LogP contribution is 2.27. The Hall–Kier alpha value is -1.10. The van der Waals surface area contributed by atoms with Gasteiger partial charge in [0.05, 0.1) is 19.6 Å². The molecule has 2 rings (SSSR count). The summed E-state index contributed by atoms with van der Waals surface area (Å²) in [7, 11) is 1.37. The van der Waals surface area contributed by atoms with Crippen molar-refractivity contribution in [1.82, 2.24) is 10.2 Å². The van der Waals surface area contributed by atoms with Crippen molar-refractivity contribution in [2.24, 2.45) is 0 Å². The number of carbonyl (C=O) groups is 2. The smallest absolute Gasteiger partial charge is 0.307 e. The minimum atomic E-state index is -0.355. The van der Waals surface area contributed by atoms with Crippen LogP contribution in [-0.2, 0) is 14.3 Å². The van der Waals surface area contributed by atoms with Gasteiger partial charge in [-0.15, -0.1) is 0 Å². The third-order valence-electron chi connectivity index (χ3n) is 4.21. The van der Waals surface area contributed by atoms with Crippen LogP contribution in [0, 0.1) is 0 Å². The summed E-state index contributed by atoms with van der Waals surface area (Å²) in [5.74, 6) is -0.342. The molecule has 5 nitrogen and oxygen atoms in total. The van der Waals surface area contributed by atoms with E-state index in [0.29, 0.717) is 6.04 Å². The molecule has 0 radical (unpaired) electrons. The van der Waals surface area contributed by atoms with Crippen LogP contribution in [0.1, 0.15) is 45.4 Å². The number of carbonyl (C=O) groups excluding carboxylic acids is 2. The highest BCUT2D eigenvalue weighted by atomic mass is 16.5. The van der Waals surface area contributed by atoms with Crippen molar-refractivity contribution in [2.45, 2.75) is 63.6 Å². The molecule has 1 saturated carbocycles. The first-order valence-corrected chi connectivity index (χ1v) is 7.24. The molecule has 0 bridgehead atoms. The lowest BCUT2D eigenvalue weighted by Gasteiger charge is -2.43. The van der Waals surface area contributed by atoms with E-state index in [2.05, 4.69) is 10.2 Å². The van der Waals surface area contributed by atoms with Crippen molar-refractivity contribution >= 4 is 11.9 Å². The van der Waals surface area contributed by atoms with Gasteiger partial charge in [-0.25, -0.2) is 0 Å². The molecule has 19 heavy (non-hydrogen) atoms. The zero-order chi connectivity index (χ0) is 13.8. The number of nitrogens with one attached hydrogen (secondary N) is 1. The zero-order valence-electron chi connectivity index (χ0n) is 11.9. The molecule has 1 saturated heterocycles. The molecule has 0 aromatic heterocycles. The summed E-state index contributed by atoms with van der Waals surface area (Å²) < 4.78 is 4.72. The minimum absolute atomic E-state index is 0.0327. The predicted molar refractivity (Wildman–Crippen MR) is 71.6 cm³/mol. The van der Waals surface area contributed by atoms with Gasteiger partial charge in [0.2, 0.25) is 5.91 Å². The van der Waals surface area contributed by atoms with E-state index in [1.54, 1.807) is 0 Å². The van der Waals surface area contributed by atoms with Crippen LogP contribution in [-0.4, -0.2) is 48.6 Å². The van der Waals surface area contributed by atoms with Gasteiger partial charge in [0, 0.05) is 18.6 Å². The lowest BCUT2D eigenvalue weighted by Crippen LogP contribution is -2.62. The van der Waals surface area contributed by atoms with Crippen molar-refractivity contribution in [3.05, 3.63) is 0 Å². The van der Waals surface area contributed by atoms with E-state index >= 15 is 0 Å². The normalized spacial score (nSPS) is 29.9. The Balaban J connectivity index is 2.09. The number of hydrogen-bond donors (Lipinski definition) is 1. The van der Waals surface area contributed by atoms with Crippen LogP contribution >= 0.6 is 0 Å². The topological polar surface area (TPSA) is 58.6 Å². The number of ether oxygens (including phenoxy) is 1. The lowest BCUT2D eigenvalue weighted by molar-refractivity contribution is -0.147. The van der Waals surface area contributed by atoms with Crippen molar-refractivity contribution in [3.63, 3.8) is 0 Å². The first-order valence-electron chi connectivity index (χ1n) is 7.24. The van der Waals surface area contributed by atoms with E-state index in [9.17, 15) is 9.59 Å². The van der Waals surface area contributed by atoms with Crippen molar-refractivity contribution in [2.75, 3.05) is 13.7 Å². The molecule has 2 unspecified atom stereocenters. The number of piperazine rings is 1. The maximum atomic E-state index is 12.1. The standard InChI is InChI=1S/C14H24N2O3/c1-10-9-16(11-6-4-3-5-7-11)12(14(18)15-10)8-13(17)19-2/h10-12H,3-9H2,1-2H3,(H,15,18). The van der Waals surface area contributed by atoms with Crippen LogP contribution < -0.4 is 5.32 Å². The molecular weight excluding hydrogens is 244 g/mol. The average molecular weight is 268 g/mol. The summed E-state index contributed by atoms with van der Waals surface area (Å²) in [5, 5.41) is 2.94. The molecule has 1 heterocycles. The third-order valence-corrected chi connectivity index (χ3v) is 4.21. The van der Waals surface area contributed by atoms with Crippen LogP contribution in [0.3, 0.4) is 0 Å². The van der Waals surface area contributed by atoms with Gasteiger partial charge in [0.1, 0.15) is 0 Å². The van der Waals surface area contributed by atoms with E-state index in [-0.39, 0.29) is 30.4 Å². The fraction of sp³-hybridized carbons (Fsp3) is 0.857. The molecule has 0 aromatic rings. The largest absolute Gasteiger partial charge is 0.469 e. The summed E-state index contributed by atoms with van der Waals surface area (Å²) in [6, 6.07) is 0.243. The van der Waals surface area contributed by atoms with Crippen molar-refractivity contribution in [3.8, 4) is 0 Å². The van der Waals surface area contributed by atoms with Crippen LogP contribution in [0.2, 0.25) is 0 Å². The van der Waals surface area contributed by atoms with E-state index in [4.69, 9.17) is 4.74 Å². The number of amides is 1. The van der Waals surface area contributed by atoms with Crippen LogP contribution in [0.4, 0.5) is 0 Å². The second-order valence-corrected chi connectivity index (χ2v) is 5.69. The summed E-state index contributed by atoms with van der Waals surface area (Å²) in [6.07, 6.45) is 6.17. The Morgan fingerprint density at radius 1 is 1.37 bits per heavy atom. The second kappa shape index (κ2) is 6.37. The quantitative estimate of drug-likeness (QED) is 0.778. The molecular formula is C14H24N2O3. The van der Waals surface area contributed by atoms with E-state index in [0.717, 1.165) is 19.4 Å². The molecule has 0 aromatic carbocycles. The molecule has 1 aliphatic heterocycles. The van der Waals surface area contributed by atoms with Crippen LogP contribution in [0.25, 0.3) is 0 Å². The molecule has 1 aliphatic carbocycles. The molecule has 2 fully saturated rings. The Morgan fingerprint density at radius 3 is 2.68 bits per heavy atom. The molecule has 5 heteroatoms. The van der Waals surface area contributed by atoms with Gasteiger partial charge in [-0.1, -0.05) is 19.3 Å². The SMILES string of the molecule is COC(=O)CC1C(=O)NC(C)CN1C1CCCCC1. The number of hydrogen-bond acceptors (Lipinski definition) is 4. The monoisotopic (exact) mass is 268 g/mol. The fourth-order valence-corrected chi connectivity index (χ4v) is 3.25. The first-order chi connectivity index (χ1) is 9.11. The predicted octanol–water partition coefficient (Wildman–Crippen LogP) is 1.07. The van der Waals surface area contributed by atoms with Crippen molar-refractivity contribution < 1.29 is 14.3 Å². The Morgan fingerprint density at radius 2 is 2.05 bits per heavy atom. The third kappa shape index (κ3) is 3.47. The number of rotatable bonds is 3.